The van der Waals surface area contributed by atoms with Crippen LogP contribution in [0.1, 0.15) is 35.5 Å². The molecule has 2 aromatic rings. The summed E-state index contributed by atoms with van der Waals surface area (Å²) in [6, 6.07) is 10.3. The van der Waals surface area contributed by atoms with Gasteiger partial charge in [-0.1, -0.05) is 42.0 Å². The smallest absolute Gasteiger partial charge is 0.224 e. The molecular weight excluding hydrogens is 268 g/mol. The minimum absolute atomic E-state index is 0.108. The summed E-state index contributed by atoms with van der Waals surface area (Å²) >= 11 is 4.96. The highest BCUT2D eigenvalue weighted by atomic mass is 32.1. The van der Waals surface area contributed by atoms with E-state index in [2.05, 4.69) is 53.4 Å². The largest absolute Gasteiger partial charge is 0.388 e. The fourth-order valence-corrected chi connectivity index (χ4v) is 2.00. The highest BCUT2D eigenvalue weighted by Crippen LogP contribution is 2.17. The lowest BCUT2D eigenvalue weighted by Crippen LogP contribution is -2.16. The molecule has 0 aliphatic rings. The zero-order valence-corrected chi connectivity index (χ0v) is 12.7. The molecule has 0 spiro atoms. The maximum atomic E-state index is 5.62. The van der Waals surface area contributed by atoms with Gasteiger partial charge in [0.1, 0.15) is 10.7 Å². The van der Waals surface area contributed by atoms with Gasteiger partial charge in [0.2, 0.25) is 5.95 Å². The molecule has 104 valence electrons. The standard InChI is InChI=1S/C15H18N4S/c1-9-4-6-12(7-5-9)11(3)18-15-17-10(2)8-13(19-15)14(16)20/h4-8,11H,1-3H3,(H2,16,20)(H,17,18,19). The second-order valence-electron chi connectivity index (χ2n) is 4.86. The second kappa shape index (κ2) is 5.96. The molecule has 0 aliphatic carbocycles. The molecule has 20 heavy (non-hydrogen) atoms. The molecule has 2 rings (SSSR count). The van der Waals surface area contributed by atoms with Crippen LogP contribution < -0.4 is 11.1 Å². The lowest BCUT2D eigenvalue weighted by atomic mass is 10.1. The number of benzene rings is 1. The van der Waals surface area contributed by atoms with Gasteiger partial charge >= 0.3 is 0 Å². The van der Waals surface area contributed by atoms with Crippen LogP contribution in [0, 0.1) is 13.8 Å². The topological polar surface area (TPSA) is 63.8 Å². The first-order valence-electron chi connectivity index (χ1n) is 6.44. The Labute approximate surface area is 124 Å². The van der Waals surface area contributed by atoms with Gasteiger partial charge in [0, 0.05) is 5.69 Å². The normalized spacial score (nSPS) is 11.9. The molecule has 1 heterocycles. The number of nitrogens with one attached hydrogen (secondary N) is 1. The summed E-state index contributed by atoms with van der Waals surface area (Å²) < 4.78 is 0. The summed E-state index contributed by atoms with van der Waals surface area (Å²) in [6.45, 7) is 6.03. The Morgan fingerprint density at radius 1 is 1.20 bits per heavy atom. The molecule has 0 saturated carbocycles. The first-order valence-corrected chi connectivity index (χ1v) is 6.85. The van der Waals surface area contributed by atoms with Gasteiger partial charge in [-0.3, -0.25) is 0 Å². The molecule has 5 heteroatoms. The predicted octanol–water partition coefficient (Wildman–Crippen LogP) is 2.90. The number of thiocarbonyl (C=S) groups is 1. The lowest BCUT2D eigenvalue weighted by molar-refractivity contribution is 0.855. The molecule has 4 nitrogen and oxygen atoms in total. The van der Waals surface area contributed by atoms with Crippen LogP contribution in [0.2, 0.25) is 0 Å². The Morgan fingerprint density at radius 3 is 2.45 bits per heavy atom. The van der Waals surface area contributed by atoms with E-state index in [1.165, 1.54) is 11.1 Å². The SMILES string of the molecule is Cc1ccc(C(C)Nc2nc(C)cc(C(N)=S)n2)cc1. The summed E-state index contributed by atoms with van der Waals surface area (Å²) in [7, 11) is 0. The molecule has 3 N–H and O–H groups in total. The maximum absolute atomic E-state index is 5.62. The van der Waals surface area contributed by atoms with Gasteiger partial charge in [0.15, 0.2) is 0 Å². The third kappa shape index (κ3) is 3.51. The van der Waals surface area contributed by atoms with Gasteiger partial charge in [-0.2, -0.15) is 0 Å². The third-order valence-corrected chi connectivity index (χ3v) is 3.24. The van der Waals surface area contributed by atoms with Gasteiger partial charge in [-0.15, -0.1) is 0 Å². The average molecular weight is 286 g/mol. The summed E-state index contributed by atoms with van der Waals surface area (Å²) in [5.41, 5.74) is 9.46. The number of hydrogen-bond donors (Lipinski definition) is 2. The van der Waals surface area contributed by atoms with E-state index in [0.29, 0.717) is 11.6 Å². The number of hydrogen-bond acceptors (Lipinski definition) is 4. The van der Waals surface area contributed by atoms with Crippen molar-refractivity contribution in [1.29, 1.82) is 0 Å². The van der Waals surface area contributed by atoms with E-state index in [9.17, 15) is 0 Å². The first-order chi connectivity index (χ1) is 9.45. The lowest BCUT2D eigenvalue weighted by Gasteiger charge is -2.15. The summed E-state index contributed by atoms with van der Waals surface area (Å²) in [6.07, 6.45) is 0. The van der Waals surface area contributed by atoms with Crippen LogP contribution in [0.15, 0.2) is 30.3 Å². The molecule has 0 radical (unpaired) electrons. The zero-order valence-electron chi connectivity index (χ0n) is 11.8. The van der Waals surface area contributed by atoms with Gasteiger partial charge < -0.3 is 11.1 Å². The van der Waals surface area contributed by atoms with E-state index in [1.807, 2.05) is 6.92 Å². The summed E-state index contributed by atoms with van der Waals surface area (Å²) in [4.78, 5) is 8.97. The van der Waals surface area contributed by atoms with E-state index in [-0.39, 0.29) is 11.0 Å². The van der Waals surface area contributed by atoms with E-state index < -0.39 is 0 Å². The molecule has 1 aromatic carbocycles. The highest BCUT2D eigenvalue weighted by Gasteiger charge is 2.09. The number of rotatable bonds is 4. The monoisotopic (exact) mass is 286 g/mol. The Kier molecular flexibility index (Phi) is 4.29. The van der Waals surface area contributed by atoms with Crippen LogP contribution in [-0.4, -0.2) is 15.0 Å². The molecule has 0 bridgehead atoms. The Bertz CT molecular complexity index is 622. The number of nitrogens with zero attached hydrogens (tertiary/aromatic N) is 2. The van der Waals surface area contributed by atoms with Crippen LogP contribution in [0.25, 0.3) is 0 Å². The fraction of sp³-hybridized carbons (Fsp3) is 0.267. The number of anilines is 1. The molecular formula is C15H18N4S. The van der Waals surface area contributed by atoms with Crippen molar-refractivity contribution in [3.63, 3.8) is 0 Å². The van der Waals surface area contributed by atoms with Crippen LogP contribution in [0.5, 0.6) is 0 Å². The molecule has 0 aliphatic heterocycles. The van der Waals surface area contributed by atoms with E-state index in [0.717, 1.165) is 5.69 Å². The van der Waals surface area contributed by atoms with E-state index in [4.69, 9.17) is 18.0 Å². The van der Waals surface area contributed by atoms with Crippen molar-refractivity contribution in [2.45, 2.75) is 26.8 Å². The number of nitrogens with two attached hydrogens (primary N) is 1. The molecule has 1 unspecified atom stereocenters. The van der Waals surface area contributed by atoms with Crippen molar-refractivity contribution in [2.75, 3.05) is 5.32 Å². The van der Waals surface area contributed by atoms with Crippen molar-refractivity contribution < 1.29 is 0 Å². The van der Waals surface area contributed by atoms with Gasteiger partial charge in [0.25, 0.3) is 0 Å². The van der Waals surface area contributed by atoms with Crippen LogP contribution in [0.4, 0.5) is 5.95 Å². The van der Waals surface area contributed by atoms with Gasteiger partial charge in [0.05, 0.1) is 6.04 Å². The predicted molar refractivity (Wildman–Crippen MR) is 85.9 cm³/mol. The van der Waals surface area contributed by atoms with E-state index >= 15 is 0 Å². The average Bonchev–Trinajstić information content (AvgIpc) is 2.38. The van der Waals surface area contributed by atoms with Crippen molar-refractivity contribution >= 4 is 23.2 Å². The van der Waals surface area contributed by atoms with Crippen LogP contribution in [-0.2, 0) is 0 Å². The highest BCUT2D eigenvalue weighted by molar-refractivity contribution is 7.80. The van der Waals surface area contributed by atoms with Crippen molar-refractivity contribution in [3.05, 3.63) is 52.8 Å². The molecule has 0 fully saturated rings. The third-order valence-electron chi connectivity index (χ3n) is 3.03. The molecule has 0 amide bonds. The Morgan fingerprint density at radius 2 is 1.85 bits per heavy atom. The van der Waals surface area contributed by atoms with E-state index in [1.54, 1.807) is 6.07 Å². The minimum Gasteiger partial charge on any atom is -0.388 e. The molecule has 1 aromatic heterocycles. The summed E-state index contributed by atoms with van der Waals surface area (Å²) in [5.74, 6) is 0.542. The van der Waals surface area contributed by atoms with Crippen molar-refractivity contribution in [1.82, 2.24) is 9.97 Å². The number of aromatic nitrogens is 2. The van der Waals surface area contributed by atoms with Crippen molar-refractivity contribution in [2.24, 2.45) is 5.73 Å². The minimum atomic E-state index is 0.108. The zero-order chi connectivity index (χ0) is 14.7. The quantitative estimate of drug-likeness (QED) is 0.846. The van der Waals surface area contributed by atoms with Gasteiger partial charge in [-0.05, 0) is 32.4 Å². The second-order valence-corrected chi connectivity index (χ2v) is 5.30. The van der Waals surface area contributed by atoms with Gasteiger partial charge in [-0.25, -0.2) is 9.97 Å². The number of aryl methyl sites for hydroxylation is 2. The summed E-state index contributed by atoms with van der Waals surface area (Å²) in [5, 5.41) is 3.28. The Hall–Kier alpha value is -2.01. The van der Waals surface area contributed by atoms with Crippen LogP contribution >= 0.6 is 12.2 Å². The van der Waals surface area contributed by atoms with Crippen LogP contribution in [0.3, 0.4) is 0 Å². The first kappa shape index (κ1) is 14.4. The fourth-order valence-electron chi connectivity index (χ4n) is 1.89. The Balaban J connectivity index is 2.21. The molecule has 1 atom stereocenters. The maximum Gasteiger partial charge on any atom is 0.224 e. The molecule has 0 saturated heterocycles. The van der Waals surface area contributed by atoms with Crippen molar-refractivity contribution in [3.8, 4) is 0 Å².